The van der Waals surface area contributed by atoms with Gasteiger partial charge in [-0.1, -0.05) is 13.8 Å². The lowest BCUT2D eigenvalue weighted by molar-refractivity contribution is -0.145. The van der Waals surface area contributed by atoms with Gasteiger partial charge in [-0.3, -0.25) is 9.59 Å². The maximum atomic E-state index is 11.9. The Bertz CT molecular complexity index is 643. The molecule has 0 fully saturated rings. The zero-order valence-electron chi connectivity index (χ0n) is 14.5. The van der Waals surface area contributed by atoms with E-state index in [1.807, 2.05) is 13.8 Å². The highest BCUT2D eigenvalue weighted by molar-refractivity contribution is 7.14. The minimum absolute atomic E-state index is 0.0201. The number of hydrogen-bond acceptors (Lipinski definition) is 8. The summed E-state index contributed by atoms with van der Waals surface area (Å²) in [4.78, 5) is 50.1. The van der Waals surface area contributed by atoms with E-state index in [0.717, 1.165) is 11.3 Å². The highest BCUT2D eigenvalue weighted by atomic mass is 32.1. The third-order valence-electron chi connectivity index (χ3n) is 2.86. The van der Waals surface area contributed by atoms with Crippen molar-refractivity contribution in [3.05, 3.63) is 11.1 Å². The molecule has 0 aliphatic heterocycles. The first-order valence-corrected chi connectivity index (χ1v) is 8.38. The summed E-state index contributed by atoms with van der Waals surface area (Å²) in [6, 6.07) is -0.804. The highest BCUT2D eigenvalue weighted by Crippen LogP contribution is 2.15. The normalized spacial score (nSPS) is 11.6. The fourth-order valence-corrected chi connectivity index (χ4v) is 2.57. The standard InChI is InChI=1S/C15H21N3O6S/c1-8(2)5-10(13(21)23-4)17-12(20)6-24-14(22)11-7-25-15(18-11)16-9(3)19/h7-8,10H,5-6H2,1-4H3,(H,17,20)(H,16,18,19). The number of amides is 2. The minimum atomic E-state index is -0.804. The summed E-state index contributed by atoms with van der Waals surface area (Å²) in [5.74, 6) is -2.14. The number of nitrogens with one attached hydrogen (secondary N) is 2. The Kier molecular flexibility index (Phi) is 7.99. The molecule has 1 atom stereocenters. The van der Waals surface area contributed by atoms with Crippen molar-refractivity contribution < 1.29 is 28.7 Å². The highest BCUT2D eigenvalue weighted by Gasteiger charge is 2.23. The van der Waals surface area contributed by atoms with Crippen LogP contribution in [0.5, 0.6) is 0 Å². The minimum Gasteiger partial charge on any atom is -0.467 e. The van der Waals surface area contributed by atoms with Crippen molar-refractivity contribution in [3.63, 3.8) is 0 Å². The Balaban J connectivity index is 2.53. The lowest BCUT2D eigenvalue weighted by Crippen LogP contribution is -2.44. The molecule has 10 heteroatoms. The molecule has 25 heavy (non-hydrogen) atoms. The van der Waals surface area contributed by atoms with E-state index in [4.69, 9.17) is 4.74 Å². The Hall–Kier alpha value is -2.49. The van der Waals surface area contributed by atoms with E-state index in [2.05, 4.69) is 20.4 Å². The van der Waals surface area contributed by atoms with Crippen molar-refractivity contribution >= 4 is 40.2 Å². The summed E-state index contributed by atoms with van der Waals surface area (Å²) < 4.78 is 9.49. The molecule has 0 saturated carbocycles. The Morgan fingerprint density at radius 1 is 1.28 bits per heavy atom. The van der Waals surface area contributed by atoms with Gasteiger partial charge >= 0.3 is 11.9 Å². The molecule has 0 aliphatic carbocycles. The second-order valence-electron chi connectivity index (χ2n) is 5.57. The summed E-state index contributed by atoms with van der Waals surface area (Å²) >= 11 is 1.06. The van der Waals surface area contributed by atoms with Crippen LogP contribution >= 0.6 is 11.3 Å². The van der Waals surface area contributed by atoms with E-state index in [-0.39, 0.29) is 22.7 Å². The first-order chi connectivity index (χ1) is 11.7. The van der Waals surface area contributed by atoms with Crippen molar-refractivity contribution in [3.8, 4) is 0 Å². The first-order valence-electron chi connectivity index (χ1n) is 7.50. The molecule has 0 bridgehead atoms. The predicted octanol–water partition coefficient (Wildman–Crippen LogP) is 0.962. The van der Waals surface area contributed by atoms with Crippen molar-refractivity contribution in [2.75, 3.05) is 19.0 Å². The van der Waals surface area contributed by atoms with Gasteiger partial charge < -0.3 is 20.1 Å². The molecule has 1 heterocycles. The molecule has 0 aromatic carbocycles. The number of rotatable bonds is 8. The van der Waals surface area contributed by atoms with Crippen LogP contribution in [-0.2, 0) is 23.9 Å². The van der Waals surface area contributed by atoms with Crippen LogP contribution in [0.25, 0.3) is 0 Å². The fraction of sp³-hybridized carbons (Fsp3) is 0.533. The van der Waals surface area contributed by atoms with Gasteiger partial charge in [0.2, 0.25) is 5.91 Å². The molecule has 0 spiro atoms. The Morgan fingerprint density at radius 2 is 1.96 bits per heavy atom. The number of aromatic nitrogens is 1. The van der Waals surface area contributed by atoms with E-state index >= 15 is 0 Å². The quantitative estimate of drug-likeness (QED) is 0.652. The number of ether oxygens (including phenoxy) is 2. The molecule has 1 aromatic rings. The molecule has 0 saturated heterocycles. The lowest BCUT2D eigenvalue weighted by Gasteiger charge is -2.18. The number of methoxy groups -OCH3 is 1. The average Bonchev–Trinajstić information content (AvgIpc) is 2.98. The first kappa shape index (κ1) is 20.6. The van der Waals surface area contributed by atoms with Crippen LogP contribution in [0.4, 0.5) is 5.13 Å². The predicted molar refractivity (Wildman–Crippen MR) is 90.1 cm³/mol. The molecule has 9 nitrogen and oxygen atoms in total. The van der Waals surface area contributed by atoms with Crippen molar-refractivity contribution in [2.45, 2.75) is 33.2 Å². The third kappa shape index (κ3) is 7.29. The second kappa shape index (κ2) is 9.72. The second-order valence-corrected chi connectivity index (χ2v) is 6.43. The Labute approximate surface area is 149 Å². The topological polar surface area (TPSA) is 124 Å². The van der Waals surface area contributed by atoms with E-state index in [0.29, 0.717) is 6.42 Å². The molecule has 1 rings (SSSR count). The maximum absolute atomic E-state index is 11.9. The smallest absolute Gasteiger partial charge is 0.358 e. The van der Waals surface area contributed by atoms with Gasteiger partial charge in [0.05, 0.1) is 7.11 Å². The number of hydrogen-bond donors (Lipinski definition) is 2. The van der Waals surface area contributed by atoms with E-state index in [1.165, 1.54) is 19.4 Å². The number of carbonyl (C=O) groups excluding carboxylic acids is 4. The van der Waals surface area contributed by atoms with Gasteiger partial charge in [-0.2, -0.15) is 0 Å². The lowest BCUT2D eigenvalue weighted by atomic mass is 10.0. The molecule has 0 aliphatic rings. The fourth-order valence-electron chi connectivity index (χ4n) is 1.84. The van der Waals surface area contributed by atoms with Gasteiger partial charge in [0.1, 0.15) is 6.04 Å². The molecule has 138 valence electrons. The van der Waals surface area contributed by atoms with Crippen LogP contribution in [0.2, 0.25) is 0 Å². The average molecular weight is 371 g/mol. The van der Waals surface area contributed by atoms with E-state index < -0.39 is 30.5 Å². The van der Waals surface area contributed by atoms with Gasteiger partial charge in [0.15, 0.2) is 17.4 Å². The van der Waals surface area contributed by atoms with Gasteiger partial charge in [0, 0.05) is 12.3 Å². The van der Waals surface area contributed by atoms with Crippen LogP contribution in [-0.4, -0.2) is 48.5 Å². The van der Waals surface area contributed by atoms with Crippen molar-refractivity contribution in [1.82, 2.24) is 10.3 Å². The van der Waals surface area contributed by atoms with Crippen molar-refractivity contribution in [1.29, 1.82) is 0 Å². The number of nitrogens with zero attached hydrogens (tertiary/aromatic N) is 1. The molecule has 2 amide bonds. The van der Waals surface area contributed by atoms with Crippen LogP contribution in [0.3, 0.4) is 0 Å². The zero-order valence-corrected chi connectivity index (χ0v) is 15.3. The zero-order chi connectivity index (χ0) is 19.0. The number of carbonyl (C=O) groups is 4. The molecule has 0 radical (unpaired) electrons. The summed E-state index contributed by atoms with van der Waals surface area (Å²) in [6.07, 6.45) is 0.401. The number of anilines is 1. The van der Waals surface area contributed by atoms with Gasteiger partial charge in [0.25, 0.3) is 5.91 Å². The van der Waals surface area contributed by atoms with Crippen LogP contribution in [0.15, 0.2) is 5.38 Å². The SMILES string of the molecule is COC(=O)C(CC(C)C)NC(=O)COC(=O)c1csc(NC(C)=O)n1. The largest absolute Gasteiger partial charge is 0.467 e. The van der Waals surface area contributed by atoms with E-state index in [1.54, 1.807) is 0 Å². The summed E-state index contributed by atoms with van der Waals surface area (Å²) in [5.41, 5.74) is -0.0201. The van der Waals surface area contributed by atoms with Gasteiger partial charge in [-0.15, -0.1) is 11.3 Å². The van der Waals surface area contributed by atoms with Crippen LogP contribution in [0, 0.1) is 5.92 Å². The van der Waals surface area contributed by atoms with E-state index in [9.17, 15) is 19.2 Å². The third-order valence-corrected chi connectivity index (χ3v) is 3.62. The molecule has 2 N–H and O–H groups in total. The van der Waals surface area contributed by atoms with Gasteiger partial charge in [-0.05, 0) is 12.3 Å². The summed E-state index contributed by atoms with van der Waals surface area (Å²) in [7, 11) is 1.23. The molecule has 1 unspecified atom stereocenters. The summed E-state index contributed by atoms with van der Waals surface area (Å²) in [5, 5.41) is 6.57. The number of esters is 2. The molecule has 1 aromatic heterocycles. The maximum Gasteiger partial charge on any atom is 0.358 e. The molecular weight excluding hydrogens is 350 g/mol. The Morgan fingerprint density at radius 3 is 2.52 bits per heavy atom. The van der Waals surface area contributed by atoms with Crippen LogP contribution in [0.1, 0.15) is 37.7 Å². The van der Waals surface area contributed by atoms with Crippen molar-refractivity contribution in [2.24, 2.45) is 5.92 Å². The summed E-state index contributed by atoms with van der Waals surface area (Å²) in [6.45, 7) is 4.56. The number of thiazole rings is 1. The van der Waals surface area contributed by atoms with Gasteiger partial charge in [-0.25, -0.2) is 14.6 Å². The monoisotopic (exact) mass is 371 g/mol. The van der Waals surface area contributed by atoms with Crippen LogP contribution < -0.4 is 10.6 Å². The molecular formula is C15H21N3O6S.